The van der Waals surface area contributed by atoms with Crippen molar-refractivity contribution in [3.8, 4) is 5.75 Å². The van der Waals surface area contributed by atoms with E-state index in [0.717, 1.165) is 21.4 Å². The van der Waals surface area contributed by atoms with Crippen molar-refractivity contribution < 1.29 is 9.53 Å². The molecule has 4 heteroatoms. The summed E-state index contributed by atoms with van der Waals surface area (Å²) in [6.07, 6.45) is 11.3. The van der Waals surface area contributed by atoms with Crippen LogP contribution in [0.1, 0.15) is 57.4 Å². The molecule has 0 aliphatic carbocycles. The van der Waals surface area contributed by atoms with E-state index in [9.17, 15) is 4.79 Å². The molecule has 0 N–H and O–H groups in total. The molecule has 0 aliphatic heterocycles. The summed E-state index contributed by atoms with van der Waals surface area (Å²) in [6, 6.07) is 4.04. The van der Waals surface area contributed by atoms with Gasteiger partial charge in [0.1, 0.15) is 0 Å². The molecule has 0 heterocycles. The minimum Gasteiger partial charge on any atom is -0.421 e. The summed E-state index contributed by atoms with van der Waals surface area (Å²) in [7, 11) is 0. The third-order valence-corrected chi connectivity index (χ3v) is 4.67. The number of hydrogen-bond donors (Lipinski definition) is 0. The SMILES string of the molecule is C=CC(=O)Oc1c(Br)cc(CCCCCCCCC)cc1Br. The minimum atomic E-state index is -0.457. The van der Waals surface area contributed by atoms with Crippen LogP contribution < -0.4 is 4.74 Å². The molecule has 1 aromatic rings. The van der Waals surface area contributed by atoms with Gasteiger partial charge < -0.3 is 4.74 Å². The van der Waals surface area contributed by atoms with Gasteiger partial charge in [0, 0.05) is 6.08 Å². The average Bonchev–Trinajstić information content (AvgIpc) is 2.49. The summed E-state index contributed by atoms with van der Waals surface area (Å²) in [5.74, 6) is 0.0504. The van der Waals surface area contributed by atoms with Crippen LogP contribution in [0.5, 0.6) is 5.75 Å². The Bertz CT molecular complexity index is 475. The predicted octanol–water partition coefficient (Wildman–Crippen LogP) is 6.60. The number of ether oxygens (including phenoxy) is 1. The van der Waals surface area contributed by atoms with Crippen LogP contribution in [-0.2, 0) is 11.2 Å². The zero-order chi connectivity index (χ0) is 16.4. The summed E-state index contributed by atoms with van der Waals surface area (Å²) in [4.78, 5) is 11.3. The van der Waals surface area contributed by atoms with E-state index in [1.165, 1.54) is 50.5 Å². The van der Waals surface area contributed by atoms with Crippen LogP contribution in [-0.4, -0.2) is 5.97 Å². The zero-order valence-corrected chi connectivity index (χ0v) is 16.3. The lowest BCUT2D eigenvalue weighted by molar-refractivity contribution is -0.129. The van der Waals surface area contributed by atoms with Gasteiger partial charge in [0.25, 0.3) is 0 Å². The second-order valence-electron chi connectivity index (χ2n) is 5.39. The van der Waals surface area contributed by atoms with Gasteiger partial charge in [0.2, 0.25) is 0 Å². The highest BCUT2D eigenvalue weighted by Gasteiger charge is 2.11. The molecule has 0 saturated carbocycles. The van der Waals surface area contributed by atoms with Crippen molar-refractivity contribution in [3.05, 3.63) is 39.3 Å². The van der Waals surface area contributed by atoms with E-state index in [0.29, 0.717) is 5.75 Å². The Morgan fingerprint density at radius 2 is 1.64 bits per heavy atom. The number of aryl methyl sites for hydroxylation is 1. The summed E-state index contributed by atoms with van der Waals surface area (Å²) in [6.45, 7) is 5.65. The second kappa shape index (κ2) is 11.0. The highest BCUT2D eigenvalue weighted by Crippen LogP contribution is 2.35. The molecule has 1 aromatic carbocycles. The summed E-state index contributed by atoms with van der Waals surface area (Å²) in [5, 5.41) is 0. The van der Waals surface area contributed by atoms with Crippen LogP contribution in [0, 0.1) is 0 Å². The van der Waals surface area contributed by atoms with E-state index in [2.05, 4.69) is 45.4 Å². The molecule has 0 aliphatic rings. The third-order valence-electron chi connectivity index (χ3n) is 3.50. The van der Waals surface area contributed by atoms with E-state index in [4.69, 9.17) is 4.74 Å². The van der Waals surface area contributed by atoms with Crippen LogP contribution in [0.4, 0.5) is 0 Å². The van der Waals surface area contributed by atoms with Gasteiger partial charge in [0.15, 0.2) is 5.75 Å². The van der Waals surface area contributed by atoms with Gasteiger partial charge in [-0.15, -0.1) is 0 Å². The number of rotatable bonds is 10. The maximum absolute atomic E-state index is 11.3. The zero-order valence-electron chi connectivity index (χ0n) is 13.2. The normalized spacial score (nSPS) is 10.5. The lowest BCUT2D eigenvalue weighted by Gasteiger charge is -2.10. The monoisotopic (exact) mass is 430 g/mol. The highest BCUT2D eigenvalue weighted by molar-refractivity contribution is 9.11. The molecule has 0 amide bonds. The highest BCUT2D eigenvalue weighted by atomic mass is 79.9. The maximum atomic E-state index is 11.3. The van der Waals surface area contributed by atoms with Gasteiger partial charge in [-0.3, -0.25) is 0 Å². The van der Waals surface area contributed by atoms with Crippen molar-refractivity contribution in [2.75, 3.05) is 0 Å². The Kier molecular flexibility index (Phi) is 9.73. The number of carbonyl (C=O) groups is 1. The number of carbonyl (C=O) groups excluding carboxylic acids is 1. The Hall–Kier alpha value is -0.610. The Morgan fingerprint density at radius 1 is 1.09 bits per heavy atom. The number of hydrogen-bond acceptors (Lipinski definition) is 2. The first-order valence-corrected chi connectivity index (χ1v) is 9.49. The van der Waals surface area contributed by atoms with E-state index in [1.54, 1.807) is 0 Å². The molecule has 0 atom stereocenters. The van der Waals surface area contributed by atoms with E-state index in [-0.39, 0.29) is 0 Å². The summed E-state index contributed by atoms with van der Waals surface area (Å²) < 4.78 is 6.78. The molecule has 1 rings (SSSR count). The molecule has 0 fully saturated rings. The van der Waals surface area contributed by atoms with E-state index >= 15 is 0 Å². The minimum absolute atomic E-state index is 0.457. The standard InChI is InChI=1S/C18H24Br2O2/c1-3-5-6-7-8-9-10-11-14-12-15(19)18(16(20)13-14)22-17(21)4-2/h4,12-13H,2-3,5-11H2,1H3. The first-order valence-electron chi connectivity index (χ1n) is 7.90. The van der Waals surface area contributed by atoms with Gasteiger partial charge in [-0.25, -0.2) is 4.79 Å². The molecule has 0 bridgehead atoms. The van der Waals surface area contributed by atoms with Crippen molar-refractivity contribution in [1.82, 2.24) is 0 Å². The van der Waals surface area contributed by atoms with Crippen LogP contribution >= 0.6 is 31.9 Å². The lowest BCUT2D eigenvalue weighted by atomic mass is 10.0. The van der Waals surface area contributed by atoms with Crippen LogP contribution in [0.2, 0.25) is 0 Å². The Morgan fingerprint density at radius 3 is 2.18 bits per heavy atom. The van der Waals surface area contributed by atoms with Gasteiger partial charge in [0.05, 0.1) is 8.95 Å². The van der Waals surface area contributed by atoms with Crippen molar-refractivity contribution in [1.29, 1.82) is 0 Å². The fraction of sp³-hybridized carbons (Fsp3) is 0.500. The smallest absolute Gasteiger partial charge is 0.335 e. The first-order chi connectivity index (χ1) is 10.6. The van der Waals surface area contributed by atoms with Crippen molar-refractivity contribution in [3.63, 3.8) is 0 Å². The molecule has 0 radical (unpaired) electrons. The molecule has 22 heavy (non-hydrogen) atoms. The topological polar surface area (TPSA) is 26.3 Å². The molecule has 0 spiro atoms. The van der Waals surface area contributed by atoms with Gasteiger partial charge in [-0.05, 0) is 62.4 Å². The van der Waals surface area contributed by atoms with Gasteiger partial charge in [-0.1, -0.05) is 52.0 Å². The van der Waals surface area contributed by atoms with Gasteiger partial charge >= 0.3 is 5.97 Å². The Labute approximate surface area is 150 Å². The maximum Gasteiger partial charge on any atom is 0.335 e. The quantitative estimate of drug-likeness (QED) is 0.180. The van der Waals surface area contributed by atoms with Crippen LogP contribution in [0.15, 0.2) is 33.7 Å². The number of unbranched alkanes of at least 4 members (excludes halogenated alkanes) is 6. The average molecular weight is 432 g/mol. The molecule has 0 aromatic heterocycles. The molecular formula is C18H24Br2O2. The number of benzene rings is 1. The first kappa shape index (κ1) is 19.4. The number of esters is 1. The molecule has 122 valence electrons. The molecular weight excluding hydrogens is 408 g/mol. The van der Waals surface area contributed by atoms with Crippen molar-refractivity contribution in [2.45, 2.75) is 58.3 Å². The van der Waals surface area contributed by atoms with E-state index < -0.39 is 5.97 Å². The second-order valence-corrected chi connectivity index (χ2v) is 7.09. The largest absolute Gasteiger partial charge is 0.421 e. The molecule has 2 nitrogen and oxygen atoms in total. The fourth-order valence-electron chi connectivity index (χ4n) is 2.28. The lowest BCUT2D eigenvalue weighted by Crippen LogP contribution is -2.04. The van der Waals surface area contributed by atoms with E-state index in [1.807, 2.05) is 12.1 Å². The van der Waals surface area contributed by atoms with Gasteiger partial charge in [-0.2, -0.15) is 0 Å². The summed E-state index contributed by atoms with van der Waals surface area (Å²) in [5.41, 5.74) is 1.24. The van der Waals surface area contributed by atoms with Crippen molar-refractivity contribution >= 4 is 37.8 Å². The molecule has 0 unspecified atom stereocenters. The predicted molar refractivity (Wildman–Crippen MR) is 99.4 cm³/mol. The van der Waals surface area contributed by atoms with Crippen LogP contribution in [0.25, 0.3) is 0 Å². The van der Waals surface area contributed by atoms with Crippen LogP contribution in [0.3, 0.4) is 0 Å². The van der Waals surface area contributed by atoms with Crippen molar-refractivity contribution in [2.24, 2.45) is 0 Å². The summed E-state index contributed by atoms with van der Waals surface area (Å²) >= 11 is 6.93. The fourth-order valence-corrected chi connectivity index (χ4v) is 3.73. The Balaban J connectivity index is 2.45. The molecule has 0 saturated heterocycles. The third kappa shape index (κ3) is 7.10. The number of halogens is 2.